The molecule has 134 valence electrons. The van der Waals surface area contributed by atoms with Crippen LogP contribution in [0.15, 0.2) is 24.3 Å². The Hall–Kier alpha value is -1.31. The Morgan fingerprint density at radius 1 is 1.21 bits per heavy atom. The van der Waals surface area contributed by atoms with Crippen LogP contribution in [0.2, 0.25) is 0 Å². The highest BCUT2D eigenvalue weighted by atomic mass is 19.4. The van der Waals surface area contributed by atoms with E-state index in [0.717, 1.165) is 38.1 Å². The van der Waals surface area contributed by atoms with E-state index >= 15 is 0 Å². The number of rotatable bonds is 4. The molecule has 2 aliphatic rings. The zero-order valence-electron chi connectivity index (χ0n) is 13.5. The highest BCUT2D eigenvalue weighted by Crippen LogP contribution is 2.30. The predicted octanol–water partition coefficient (Wildman–Crippen LogP) is 3.01. The van der Waals surface area contributed by atoms with E-state index < -0.39 is 12.8 Å². The van der Waals surface area contributed by atoms with Crippen molar-refractivity contribution in [1.82, 2.24) is 4.90 Å². The maximum absolute atomic E-state index is 12.4. The number of halogens is 3. The van der Waals surface area contributed by atoms with Crippen molar-refractivity contribution in [2.45, 2.75) is 31.2 Å². The molecule has 2 aliphatic heterocycles. The molecule has 2 fully saturated rings. The van der Waals surface area contributed by atoms with Crippen molar-refractivity contribution < 1.29 is 27.4 Å². The van der Waals surface area contributed by atoms with Crippen molar-refractivity contribution in [2.75, 3.05) is 39.5 Å². The highest BCUT2D eigenvalue weighted by molar-refractivity contribution is 5.33. The van der Waals surface area contributed by atoms with Crippen LogP contribution in [-0.4, -0.2) is 56.2 Å². The zero-order chi connectivity index (χ0) is 17.0. The van der Waals surface area contributed by atoms with Crippen LogP contribution < -0.4 is 4.74 Å². The Labute approximate surface area is 139 Å². The van der Waals surface area contributed by atoms with Crippen molar-refractivity contribution in [2.24, 2.45) is 0 Å². The van der Waals surface area contributed by atoms with Crippen LogP contribution in [0.25, 0.3) is 0 Å². The lowest BCUT2D eigenvalue weighted by Gasteiger charge is -2.44. The molecule has 0 aromatic heterocycles. The van der Waals surface area contributed by atoms with Crippen molar-refractivity contribution in [3.8, 4) is 5.75 Å². The van der Waals surface area contributed by atoms with Gasteiger partial charge < -0.3 is 14.2 Å². The van der Waals surface area contributed by atoms with Gasteiger partial charge in [0.15, 0.2) is 6.61 Å². The van der Waals surface area contributed by atoms with Gasteiger partial charge in [-0.1, -0.05) is 18.2 Å². The number of hydrogen-bond acceptors (Lipinski definition) is 4. The first kappa shape index (κ1) is 17.5. The number of para-hydroxylation sites is 1. The summed E-state index contributed by atoms with van der Waals surface area (Å²) in [6, 6.07) is 6.90. The Balaban J connectivity index is 1.65. The molecular formula is C17H22F3NO3. The number of ether oxygens (including phenoxy) is 3. The molecule has 7 heteroatoms. The van der Waals surface area contributed by atoms with Crippen LogP contribution >= 0.6 is 0 Å². The van der Waals surface area contributed by atoms with Gasteiger partial charge in [0.25, 0.3) is 0 Å². The smallest absolute Gasteiger partial charge is 0.422 e. The molecule has 3 rings (SSSR count). The topological polar surface area (TPSA) is 30.9 Å². The second-order valence-corrected chi connectivity index (χ2v) is 6.41. The van der Waals surface area contributed by atoms with Gasteiger partial charge >= 0.3 is 6.18 Å². The summed E-state index contributed by atoms with van der Waals surface area (Å²) in [7, 11) is 0. The molecule has 0 bridgehead atoms. The van der Waals surface area contributed by atoms with Crippen molar-refractivity contribution >= 4 is 0 Å². The third kappa shape index (κ3) is 4.62. The molecule has 1 atom stereocenters. The van der Waals surface area contributed by atoms with Gasteiger partial charge in [0.1, 0.15) is 11.4 Å². The minimum atomic E-state index is -4.34. The van der Waals surface area contributed by atoms with Gasteiger partial charge in [-0.15, -0.1) is 0 Å². The number of hydrogen-bond donors (Lipinski definition) is 0. The molecule has 1 aromatic carbocycles. The number of alkyl halides is 3. The summed E-state index contributed by atoms with van der Waals surface area (Å²) in [6.45, 7) is 2.68. The Bertz CT molecular complexity index is 539. The van der Waals surface area contributed by atoms with E-state index in [0.29, 0.717) is 19.8 Å². The molecule has 1 unspecified atom stereocenters. The van der Waals surface area contributed by atoms with E-state index in [1.165, 1.54) is 0 Å². The molecule has 1 aromatic rings. The Morgan fingerprint density at radius 3 is 2.79 bits per heavy atom. The van der Waals surface area contributed by atoms with Gasteiger partial charge in [0, 0.05) is 31.8 Å². The molecular weight excluding hydrogens is 323 g/mol. The van der Waals surface area contributed by atoms with Crippen LogP contribution in [0.5, 0.6) is 5.75 Å². The van der Waals surface area contributed by atoms with Gasteiger partial charge in [-0.3, -0.25) is 4.90 Å². The summed E-state index contributed by atoms with van der Waals surface area (Å²) >= 11 is 0. The quantitative estimate of drug-likeness (QED) is 0.839. The molecule has 0 saturated carbocycles. The largest absolute Gasteiger partial charge is 0.484 e. The lowest BCUT2D eigenvalue weighted by atomic mass is 9.94. The van der Waals surface area contributed by atoms with Crippen molar-refractivity contribution in [1.29, 1.82) is 0 Å². The number of benzene rings is 1. The predicted molar refractivity (Wildman–Crippen MR) is 82.0 cm³/mol. The van der Waals surface area contributed by atoms with Gasteiger partial charge in [-0.05, 0) is 18.9 Å². The fourth-order valence-electron chi connectivity index (χ4n) is 3.30. The maximum Gasteiger partial charge on any atom is 0.422 e. The van der Waals surface area contributed by atoms with Gasteiger partial charge in [-0.2, -0.15) is 13.2 Å². The van der Waals surface area contributed by atoms with E-state index in [2.05, 4.69) is 4.90 Å². The molecule has 2 heterocycles. The molecule has 4 nitrogen and oxygen atoms in total. The Morgan fingerprint density at radius 2 is 2.04 bits per heavy atom. The lowest BCUT2D eigenvalue weighted by molar-refractivity contribution is -0.169. The van der Waals surface area contributed by atoms with E-state index in [1.807, 2.05) is 12.1 Å². The normalized spacial score (nSPS) is 25.8. The minimum Gasteiger partial charge on any atom is -0.484 e. The van der Waals surface area contributed by atoms with Gasteiger partial charge in [0.05, 0.1) is 13.2 Å². The van der Waals surface area contributed by atoms with E-state index in [4.69, 9.17) is 14.2 Å². The zero-order valence-corrected chi connectivity index (χ0v) is 13.5. The lowest BCUT2D eigenvalue weighted by Crippen LogP contribution is -2.55. The summed E-state index contributed by atoms with van der Waals surface area (Å²) in [5.41, 5.74) is 0.480. The molecule has 0 N–H and O–H groups in total. The van der Waals surface area contributed by atoms with Crippen LogP contribution in [-0.2, 0) is 16.0 Å². The second-order valence-electron chi connectivity index (χ2n) is 6.41. The third-order valence-corrected chi connectivity index (χ3v) is 4.37. The van der Waals surface area contributed by atoms with E-state index in [1.54, 1.807) is 12.1 Å². The third-order valence-electron chi connectivity index (χ3n) is 4.37. The first-order valence-electron chi connectivity index (χ1n) is 8.17. The van der Waals surface area contributed by atoms with Crippen molar-refractivity contribution in [3.63, 3.8) is 0 Å². The van der Waals surface area contributed by atoms with Crippen LogP contribution in [0.1, 0.15) is 18.4 Å². The summed E-state index contributed by atoms with van der Waals surface area (Å²) in [6.07, 6.45) is -2.41. The molecule has 2 saturated heterocycles. The van der Waals surface area contributed by atoms with Gasteiger partial charge in [-0.25, -0.2) is 0 Å². The summed E-state index contributed by atoms with van der Waals surface area (Å²) in [4.78, 5) is 2.20. The highest BCUT2D eigenvalue weighted by Gasteiger charge is 2.38. The summed E-state index contributed by atoms with van der Waals surface area (Å²) in [5, 5.41) is 0. The first-order chi connectivity index (χ1) is 11.5. The number of morpholine rings is 1. The molecule has 24 heavy (non-hydrogen) atoms. The van der Waals surface area contributed by atoms with E-state index in [-0.39, 0.29) is 11.4 Å². The summed E-state index contributed by atoms with van der Waals surface area (Å²) in [5.74, 6) is 0.287. The SMILES string of the molecule is FC(F)(F)COc1ccccc1CN1CCOC2(CCCOC2)C1. The molecule has 0 radical (unpaired) electrons. The minimum absolute atomic E-state index is 0.279. The van der Waals surface area contributed by atoms with E-state index in [9.17, 15) is 13.2 Å². The van der Waals surface area contributed by atoms with Crippen LogP contribution in [0, 0.1) is 0 Å². The molecule has 0 amide bonds. The van der Waals surface area contributed by atoms with Crippen LogP contribution in [0.4, 0.5) is 13.2 Å². The maximum atomic E-state index is 12.4. The van der Waals surface area contributed by atoms with Gasteiger partial charge in [0.2, 0.25) is 0 Å². The summed E-state index contributed by atoms with van der Waals surface area (Å²) < 4.78 is 53.7. The fraction of sp³-hybridized carbons (Fsp3) is 0.647. The standard InChI is InChI=1S/C17H22F3NO3/c18-17(19,20)13-23-15-5-2-1-4-14(15)10-21-7-9-24-16(11-21)6-3-8-22-12-16/h1-2,4-5H,3,6-13H2. The average Bonchev–Trinajstić information content (AvgIpc) is 2.54. The molecule has 1 spiro atoms. The van der Waals surface area contributed by atoms with Crippen molar-refractivity contribution in [3.05, 3.63) is 29.8 Å². The molecule has 0 aliphatic carbocycles. The monoisotopic (exact) mass is 345 g/mol. The fourth-order valence-corrected chi connectivity index (χ4v) is 3.30. The second kappa shape index (κ2) is 7.29. The van der Waals surface area contributed by atoms with Crippen LogP contribution in [0.3, 0.4) is 0 Å². The number of nitrogens with zero attached hydrogens (tertiary/aromatic N) is 1. The first-order valence-corrected chi connectivity index (χ1v) is 8.17. The Kier molecular flexibility index (Phi) is 5.32. The average molecular weight is 345 g/mol.